The summed E-state index contributed by atoms with van der Waals surface area (Å²) in [4.78, 5) is 36.8. The first-order valence-electron chi connectivity index (χ1n) is 10.7. The molecule has 2 aliphatic heterocycles. The fourth-order valence-electron chi connectivity index (χ4n) is 4.44. The molecule has 32 heavy (non-hydrogen) atoms. The molecule has 7 heteroatoms. The van der Waals surface area contributed by atoms with Crippen molar-refractivity contribution in [3.05, 3.63) is 71.3 Å². The smallest absolute Gasteiger partial charge is 0.285 e. The summed E-state index contributed by atoms with van der Waals surface area (Å²) in [5.74, 6) is -0.295. The standard InChI is InChI=1S/C25H25N3O4/c1-26-11-13-27(14-12-26)23-18-9-6-10-19-22(18)20(15-21(23)31-2)25(30)28(24(19)29)32-16-17-7-4-3-5-8-17/h3-10,15H,11-14,16H2,1-2H3. The highest BCUT2D eigenvalue weighted by molar-refractivity contribution is 6.26. The predicted molar refractivity (Wildman–Crippen MR) is 122 cm³/mol. The number of piperazine rings is 1. The Balaban J connectivity index is 1.57. The molecule has 1 saturated heterocycles. The van der Waals surface area contributed by atoms with Gasteiger partial charge in [0.15, 0.2) is 0 Å². The van der Waals surface area contributed by atoms with E-state index in [1.54, 1.807) is 19.2 Å². The van der Waals surface area contributed by atoms with Crippen LogP contribution in [0.25, 0.3) is 10.8 Å². The van der Waals surface area contributed by atoms with Crippen molar-refractivity contribution < 1.29 is 19.2 Å². The van der Waals surface area contributed by atoms with E-state index in [0.29, 0.717) is 22.3 Å². The molecule has 2 aliphatic rings. The number of hydroxylamine groups is 2. The van der Waals surface area contributed by atoms with Gasteiger partial charge in [-0.05, 0) is 24.7 Å². The third-order valence-corrected chi connectivity index (χ3v) is 6.17. The third-order valence-electron chi connectivity index (χ3n) is 6.17. The summed E-state index contributed by atoms with van der Waals surface area (Å²) < 4.78 is 5.73. The average molecular weight is 431 g/mol. The van der Waals surface area contributed by atoms with E-state index in [0.717, 1.165) is 47.9 Å². The summed E-state index contributed by atoms with van der Waals surface area (Å²) in [6.07, 6.45) is 0. The van der Waals surface area contributed by atoms with Crippen molar-refractivity contribution in [1.29, 1.82) is 0 Å². The van der Waals surface area contributed by atoms with Crippen molar-refractivity contribution in [3.63, 3.8) is 0 Å². The summed E-state index contributed by atoms with van der Waals surface area (Å²) in [7, 11) is 3.72. The Bertz CT molecular complexity index is 1190. The summed E-state index contributed by atoms with van der Waals surface area (Å²) in [5, 5.41) is 2.39. The Kier molecular flexibility index (Phi) is 5.28. The van der Waals surface area contributed by atoms with E-state index >= 15 is 0 Å². The predicted octanol–water partition coefficient (Wildman–Crippen LogP) is 3.33. The van der Waals surface area contributed by atoms with Crippen molar-refractivity contribution in [2.45, 2.75) is 6.61 Å². The summed E-state index contributed by atoms with van der Waals surface area (Å²) in [6.45, 7) is 3.69. The van der Waals surface area contributed by atoms with Crippen molar-refractivity contribution in [2.75, 3.05) is 45.2 Å². The first-order chi connectivity index (χ1) is 15.6. The number of amides is 2. The van der Waals surface area contributed by atoms with Crippen molar-refractivity contribution in [1.82, 2.24) is 9.96 Å². The van der Waals surface area contributed by atoms with Crippen LogP contribution in [0.3, 0.4) is 0 Å². The van der Waals surface area contributed by atoms with Gasteiger partial charge in [0.25, 0.3) is 11.8 Å². The molecule has 0 bridgehead atoms. The molecule has 0 aliphatic carbocycles. The Labute approximate surface area is 186 Å². The third kappa shape index (κ3) is 3.39. The van der Waals surface area contributed by atoms with Crippen LogP contribution >= 0.6 is 0 Å². The number of anilines is 1. The fraction of sp³-hybridized carbons (Fsp3) is 0.280. The van der Waals surface area contributed by atoms with E-state index in [1.807, 2.05) is 42.5 Å². The lowest BCUT2D eigenvalue weighted by molar-refractivity contribution is -0.104. The number of ether oxygens (including phenoxy) is 1. The number of nitrogens with zero attached hydrogens (tertiary/aromatic N) is 3. The molecule has 0 aromatic heterocycles. The monoisotopic (exact) mass is 431 g/mol. The van der Waals surface area contributed by atoms with Gasteiger partial charge in [0.05, 0.1) is 23.9 Å². The molecule has 5 rings (SSSR count). The van der Waals surface area contributed by atoms with Crippen LogP contribution < -0.4 is 9.64 Å². The molecule has 0 spiro atoms. The zero-order chi connectivity index (χ0) is 22.2. The van der Waals surface area contributed by atoms with Crippen LogP contribution in [-0.4, -0.2) is 62.1 Å². The molecule has 0 saturated carbocycles. The largest absolute Gasteiger partial charge is 0.495 e. The molecule has 7 nitrogen and oxygen atoms in total. The number of rotatable bonds is 5. The van der Waals surface area contributed by atoms with Gasteiger partial charge in [-0.2, -0.15) is 0 Å². The van der Waals surface area contributed by atoms with E-state index in [-0.39, 0.29) is 6.61 Å². The highest BCUT2D eigenvalue weighted by atomic mass is 16.7. The number of hydrogen-bond acceptors (Lipinski definition) is 6. The van der Waals surface area contributed by atoms with Crippen LogP contribution in [0.1, 0.15) is 26.3 Å². The van der Waals surface area contributed by atoms with Crippen LogP contribution in [-0.2, 0) is 11.4 Å². The maximum atomic E-state index is 13.3. The van der Waals surface area contributed by atoms with Gasteiger partial charge in [0.2, 0.25) is 0 Å². The van der Waals surface area contributed by atoms with Crippen molar-refractivity contribution in [2.24, 2.45) is 0 Å². The van der Waals surface area contributed by atoms with Crippen LogP contribution in [0.2, 0.25) is 0 Å². The normalized spacial score (nSPS) is 16.7. The van der Waals surface area contributed by atoms with Gasteiger partial charge in [-0.25, -0.2) is 0 Å². The second-order valence-corrected chi connectivity index (χ2v) is 8.16. The van der Waals surface area contributed by atoms with Crippen molar-refractivity contribution in [3.8, 4) is 5.75 Å². The molecule has 3 aromatic carbocycles. The van der Waals surface area contributed by atoms with Crippen LogP contribution in [0.5, 0.6) is 5.75 Å². The van der Waals surface area contributed by atoms with Gasteiger partial charge in [0.1, 0.15) is 12.4 Å². The number of benzene rings is 3. The molecule has 0 atom stereocenters. The van der Waals surface area contributed by atoms with Crippen LogP contribution in [0, 0.1) is 0 Å². The topological polar surface area (TPSA) is 62.3 Å². The Morgan fingerprint density at radius 3 is 2.31 bits per heavy atom. The molecule has 2 amide bonds. The molecule has 0 unspecified atom stereocenters. The second-order valence-electron chi connectivity index (χ2n) is 8.16. The highest BCUT2D eigenvalue weighted by Gasteiger charge is 2.36. The molecule has 0 N–H and O–H groups in total. The van der Waals surface area contributed by atoms with Crippen LogP contribution in [0.4, 0.5) is 5.69 Å². The van der Waals surface area contributed by atoms with Gasteiger partial charge < -0.3 is 14.5 Å². The minimum absolute atomic E-state index is 0.125. The molecule has 2 heterocycles. The second kappa shape index (κ2) is 8.26. The molecule has 0 radical (unpaired) electrons. The highest BCUT2D eigenvalue weighted by Crippen LogP contribution is 2.42. The first kappa shape index (κ1) is 20.5. The number of carbonyl (C=O) groups excluding carboxylic acids is 2. The van der Waals surface area contributed by atoms with E-state index in [9.17, 15) is 9.59 Å². The average Bonchev–Trinajstić information content (AvgIpc) is 2.83. The number of likely N-dealkylation sites (N-methyl/N-ethyl adjacent to an activating group) is 1. The first-order valence-corrected chi connectivity index (χ1v) is 10.7. The van der Waals surface area contributed by atoms with Gasteiger partial charge in [-0.15, -0.1) is 5.06 Å². The molecule has 164 valence electrons. The Morgan fingerprint density at radius 1 is 0.875 bits per heavy atom. The Morgan fingerprint density at radius 2 is 1.59 bits per heavy atom. The molecule has 3 aromatic rings. The molecular weight excluding hydrogens is 406 g/mol. The lowest BCUT2D eigenvalue weighted by atomic mass is 9.92. The van der Waals surface area contributed by atoms with Gasteiger partial charge in [-0.3, -0.25) is 14.4 Å². The number of methoxy groups -OCH3 is 1. The fourth-order valence-corrected chi connectivity index (χ4v) is 4.44. The van der Waals surface area contributed by atoms with Gasteiger partial charge in [0, 0.05) is 37.0 Å². The minimum Gasteiger partial charge on any atom is -0.495 e. The maximum absolute atomic E-state index is 13.3. The zero-order valence-corrected chi connectivity index (χ0v) is 18.2. The lowest BCUT2D eigenvalue weighted by Gasteiger charge is -2.36. The SMILES string of the molecule is COc1cc2c3c(cccc3c1N1CCN(C)CC1)C(=O)N(OCc1ccccc1)C2=O. The van der Waals surface area contributed by atoms with E-state index in [1.165, 1.54) is 0 Å². The number of hydrogen-bond donors (Lipinski definition) is 0. The van der Waals surface area contributed by atoms with Crippen LogP contribution in [0.15, 0.2) is 54.6 Å². The molecule has 1 fully saturated rings. The maximum Gasteiger partial charge on any atom is 0.285 e. The quantitative estimate of drug-likeness (QED) is 0.578. The summed E-state index contributed by atoms with van der Waals surface area (Å²) in [6, 6.07) is 16.8. The molecular formula is C25H25N3O4. The number of imide groups is 1. The zero-order valence-electron chi connectivity index (χ0n) is 18.2. The lowest BCUT2D eigenvalue weighted by Crippen LogP contribution is -2.45. The van der Waals surface area contributed by atoms with Gasteiger partial charge in [-0.1, -0.05) is 42.5 Å². The van der Waals surface area contributed by atoms with Gasteiger partial charge >= 0.3 is 0 Å². The van der Waals surface area contributed by atoms with Crippen molar-refractivity contribution >= 4 is 28.3 Å². The minimum atomic E-state index is -0.474. The van der Waals surface area contributed by atoms with E-state index in [4.69, 9.17) is 9.57 Å². The van der Waals surface area contributed by atoms with E-state index in [2.05, 4.69) is 16.8 Å². The summed E-state index contributed by atoms with van der Waals surface area (Å²) >= 11 is 0. The Hall–Kier alpha value is -3.42. The summed E-state index contributed by atoms with van der Waals surface area (Å²) in [5.41, 5.74) is 2.68. The van der Waals surface area contributed by atoms with E-state index < -0.39 is 11.8 Å². The number of carbonyl (C=O) groups is 2.